The monoisotopic (exact) mass is 169 g/mol. The first-order chi connectivity index (χ1) is 5.74. The largest absolute Gasteiger partial charge is 0.335 e. The van der Waals surface area contributed by atoms with Crippen molar-refractivity contribution < 1.29 is 4.79 Å². The van der Waals surface area contributed by atoms with E-state index in [2.05, 4.69) is 14.9 Å². The quantitative estimate of drug-likeness (QED) is 0.303. The first-order valence-corrected chi connectivity index (χ1v) is 3.76. The Labute approximate surface area is 70.4 Å². The summed E-state index contributed by atoms with van der Waals surface area (Å²) in [4.78, 5) is 17.1. The first kappa shape index (κ1) is 8.83. The van der Waals surface area contributed by atoms with Gasteiger partial charge in [0.15, 0.2) is 0 Å². The summed E-state index contributed by atoms with van der Waals surface area (Å²) in [5, 5.41) is 3.02. The van der Waals surface area contributed by atoms with Crippen LogP contribution < -0.4 is 0 Å². The number of piperazine rings is 1. The van der Waals surface area contributed by atoms with Gasteiger partial charge in [-0.1, -0.05) is 0 Å². The average molecular weight is 169 g/mol. The van der Waals surface area contributed by atoms with E-state index in [1.807, 2.05) is 7.05 Å². The van der Waals surface area contributed by atoms with E-state index >= 15 is 0 Å². The van der Waals surface area contributed by atoms with Crippen LogP contribution in [-0.4, -0.2) is 49.1 Å². The van der Waals surface area contributed by atoms with Gasteiger partial charge in [0.05, 0.1) is 0 Å². The molecule has 0 N–H and O–H groups in total. The molecule has 2 amide bonds. The maximum Gasteiger partial charge on any atom is 0.310 e. The van der Waals surface area contributed by atoms with Gasteiger partial charge >= 0.3 is 6.03 Å². The van der Waals surface area contributed by atoms with E-state index in [9.17, 15) is 4.79 Å². The lowest BCUT2D eigenvalue weighted by molar-refractivity contribution is 0.161. The summed E-state index contributed by atoms with van der Waals surface area (Å²) in [6, 6.07) is -0.467. The average Bonchev–Trinajstić information content (AvgIpc) is 2.06. The molecule has 0 aromatic rings. The summed E-state index contributed by atoms with van der Waals surface area (Å²) in [6.07, 6.45) is 0. The van der Waals surface area contributed by atoms with Crippen LogP contribution in [0.4, 0.5) is 4.79 Å². The molecule has 0 bridgehead atoms. The van der Waals surface area contributed by atoms with Crippen molar-refractivity contribution >= 4 is 6.03 Å². The zero-order valence-corrected chi connectivity index (χ0v) is 6.97. The highest BCUT2D eigenvalue weighted by molar-refractivity contribution is 5.75. The molecule has 1 rings (SSSR count). The van der Waals surface area contributed by atoms with Crippen LogP contribution in [0, 0.1) is 0 Å². The molecule has 0 atom stereocenters. The normalized spacial score (nSPS) is 18.6. The predicted molar refractivity (Wildman–Crippen MR) is 43.6 cm³/mol. The molecule has 1 aliphatic rings. The summed E-state index contributed by atoms with van der Waals surface area (Å²) >= 11 is 0. The van der Waals surface area contributed by atoms with Crippen molar-refractivity contribution in [1.29, 1.82) is 0 Å². The van der Waals surface area contributed by atoms with Crippen LogP contribution in [0.3, 0.4) is 0 Å². The minimum Gasteiger partial charge on any atom is -0.335 e. The number of nitrogens with zero attached hydrogens (tertiary/aromatic N) is 5. The standard InChI is InChI=1S/C6H11N5O/c1-10-2-4-11(5-3-10)6(12)8-9-7/h2-5H2,1H3. The van der Waals surface area contributed by atoms with Crippen LogP contribution in [0.5, 0.6) is 0 Å². The number of rotatable bonds is 0. The lowest BCUT2D eigenvalue weighted by Crippen LogP contribution is -2.46. The van der Waals surface area contributed by atoms with Gasteiger partial charge in [-0.25, -0.2) is 0 Å². The Bertz CT molecular complexity index is 214. The molecule has 0 aromatic heterocycles. The SMILES string of the molecule is CN1CCN(C(=O)N=[N+]=[N-])CC1. The van der Waals surface area contributed by atoms with Gasteiger partial charge in [-0.15, -0.1) is 0 Å². The Morgan fingerprint density at radius 3 is 2.50 bits per heavy atom. The van der Waals surface area contributed by atoms with E-state index < -0.39 is 6.03 Å². The van der Waals surface area contributed by atoms with Crippen LogP contribution >= 0.6 is 0 Å². The second-order valence-electron chi connectivity index (χ2n) is 2.76. The number of hydrogen-bond acceptors (Lipinski definition) is 2. The number of azide groups is 1. The van der Waals surface area contributed by atoms with Gasteiger partial charge in [0.25, 0.3) is 0 Å². The van der Waals surface area contributed by atoms with Gasteiger partial charge < -0.3 is 9.80 Å². The number of hydrogen-bond donors (Lipinski definition) is 0. The second-order valence-corrected chi connectivity index (χ2v) is 2.76. The molecule has 0 aromatic carbocycles. The molecule has 0 spiro atoms. The highest BCUT2D eigenvalue weighted by Gasteiger charge is 2.17. The van der Waals surface area contributed by atoms with E-state index in [0.29, 0.717) is 13.1 Å². The van der Waals surface area contributed by atoms with E-state index in [-0.39, 0.29) is 0 Å². The predicted octanol–water partition coefficient (Wildman–Crippen LogP) is 0.664. The molecule has 6 heteroatoms. The first-order valence-electron chi connectivity index (χ1n) is 3.76. The fraction of sp³-hybridized carbons (Fsp3) is 0.833. The number of urea groups is 1. The highest BCUT2D eigenvalue weighted by atomic mass is 16.2. The molecule has 66 valence electrons. The van der Waals surface area contributed by atoms with Crippen LogP contribution in [0.2, 0.25) is 0 Å². The highest BCUT2D eigenvalue weighted by Crippen LogP contribution is 2.00. The van der Waals surface area contributed by atoms with Crippen LogP contribution in [0.25, 0.3) is 10.4 Å². The third kappa shape index (κ3) is 2.11. The molecule has 1 heterocycles. The van der Waals surface area contributed by atoms with Crippen molar-refractivity contribution in [3.8, 4) is 0 Å². The lowest BCUT2D eigenvalue weighted by atomic mass is 10.3. The Morgan fingerprint density at radius 1 is 1.42 bits per heavy atom. The van der Waals surface area contributed by atoms with Gasteiger partial charge in [-0.05, 0) is 12.6 Å². The van der Waals surface area contributed by atoms with Crippen molar-refractivity contribution in [2.75, 3.05) is 33.2 Å². The van der Waals surface area contributed by atoms with Gasteiger partial charge in [0.2, 0.25) is 0 Å². The maximum absolute atomic E-state index is 11.0. The summed E-state index contributed by atoms with van der Waals surface area (Å²) in [7, 11) is 2.00. The molecule has 0 aliphatic carbocycles. The van der Waals surface area contributed by atoms with E-state index in [1.54, 1.807) is 4.90 Å². The van der Waals surface area contributed by atoms with Crippen molar-refractivity contribution in [3.05, 3.63) is 10.4 Å². The minimum atomic E-state index is -0.467. The van der Waals surface area contributed by atoms with E-state index in [0.717, 1.165) is 13.1 Å². The molecule has 6 nitrogen and oxygen atoms in total. The second kappa shape index (κ2) is 3.94. The van der Waals surface area contributed by atoms with E-state index in [1.165, 1.54) is 0 Å². The molecule has 1 aliphatic heterocycles. The summed E-state index contributed by atoms with van der Waals surface area (Å²) in [5.41, 5.74) is 8.02. The number of likely N-dealkylation sites (N-methyl/N-ethyl adjacent to an activating group) is 1. The van der Waals surface area contributed by atoms with Crippen molar-refractivity contribution in [1.82, 2.24) is 9.80 Å². The topological polar surface area (TPSA) is 72.3 Å². The fourth-order valence-electron chi connectivity index (χ4n) is 1.10. The summed E-state index contributed by atoms with van der Waals surface area (Å²) in [6.45, 7) is 2.97. The molecule has 0 saturated carbocycles. The van der Waals surface area contributed by atoms with Crippen molar-refractivity contribution in [2.24, 2.45) is 5.11 Å². The zero-order valence-electron chi connectivity index (χ0n) is 6.97. The molecule has 0 unspecified atom stereocenters. The van der Waals surface area contributed by atoms with Gasteiger partial charge in [-0.2, -0.15) is 0 Å². The molecule has 1 saturated heterocycles. The molecule has 0 radical (unpaired) electrons. The molecule has 12 heavy (non-hydrogen) atoms. The van der Waals surface area contributed by atoms with Crippen LogP contribution in [-0.2, 0) is 0 Å². The molecular formula is C6H11N5O. The Hall–Kier alpha value is -1.26. The van der Waals surface area contributed by atoms with Crippen LogP contribution in [0.15, 0.2) is 5.11 Å². The van der Waals surface area contributed by atoms with Crippen molar-refractivity contribution in [2.45, 2.75) is 0 Å². The summed E-state index contributed by atoms with van der Waals surface area (Å²) in [5.74, 6) is 0. The maximum atomic E-state index is 11.0. The number of carbonyl (C=O) groups is 1. The smallest absolute Gasteiger partial charge is 0.310 e. The fourth-order valence-corrected chi connectivity index (χ4v) is 1.10. The lowest BCUT2D eigenvalue weighted by Gasteiger charge is -2.31. The van der Waals surface area contributed by atoms with Crippen molar-refractivity contribution in [3.63, 3.8) is 0 Å². The third-order valence-electron chi connectivity index (χ3n) is 1.90. The van der Waals surface area contributed by atoms with E-state index in [4.69, 9.17) is 5.53 Å². The summed E-state index contributed by atoms with van der Waals surface area (Å²) < 4.78 is 0. The zero-order chi connectivity index (χ0) is 8.97. The number of amides is 2. The Kier molecular flexibility index (Phi) is 2.90. The third-order valence-corrected chi connectivity index (χ3v) is 1.90. The van der Waals surface area contributed by atoms with Gasteiger partial charge in [0.1, 0.15) is 0 Å². The Balaban J connectivity index is 2.44. The number of carbonyl (C=O) groups excluding carboxylic acids is 1. The minimum absolute atomic E-state index is 0.467. The van der Waals surface area contributed by atoms with Crippen LogP contribution in [0.1, 0.15) is 0 Å². The van der Waals surface area contributed by atoms with Gasteiger partial charge in [0, 0.05) is 36.2 Å². The van der Waals surface area contributed by atoms with Gasteiger partial charge in [-0.3, -0.25) is 4.79 Å². The molecule has 1 fully saturated rings. The molecular weight excluding hydrogens is 158 g/mol. The Morgan fingerprint density at radius 2 is 2.00 bits per heavy atom.